The lowest BCUT2D eigenvalue weighted by molar-refractivity contribution is -0.141. The predicted octanol–water partition coefficient (Wildman–Crippen LogP) is -0.532. The maximum Gasteiger partial charge on any atom is 0.328 e. The monoisotopic (exact) mass is 280 g/mol. The van der Waals surface area contributed by atoms with E-state index in [-0.39, 0.29) is 18.2 Å². The number of aromatic nitrogens is 2. The van der Waals surface area contributed by atoms with Crippen LogP contribution in [-0.4, -0.2) is 72.0 Å². The maximum atomic E-state index is 11.7. The number of nitrogens with zero attached hydrogens (tertiary/aromatic N) is 4. The molecule has 1 fully saturated rings. The Labute approximate surface area is 116 Å². The SMILES string of the molecule is CN(C)C(=O)c1ccc(N2CCOCC2C(=O)O)nn1. The molecule has 8 nitrogen and oxygen atoms in total. The zero-order valence-corrected chi connectivity index (χ0v) is 11.3. The molecule has 1 aromatic heterocycles. The van der Waals surface area contributed by atoms with Crippen LogP contribution in [0.15, 0.2) is 12.1 Å². The molecular weight excluding hydrogens is 264 g/mol. The summed E-state index contributed by atoms with van der Waals surface area (Å²) in [4.78, 5) is 25.9. The molecule has 20 heavy (non-hydrogen) atoms. The van der Waals surface area contributed by atoms with Gasteiger partial charge in [-0.1, -0.05) is 0 Å². The van der Waals surface area contributed by atoms with E-state index in [1.807, 2.05) is 0 Å². The van der Waals surface area contributed by atoms with Crippen molar-refractivity contribution >= 4 is 17.7 Å². The van der Waals surface area contributed by atoms with Gasteiger partial charge in [-0.15, -0.1) is 10.2 Å². The highest BCUT2D eigenvalue weighted by Crippen LogP contribution is 2.17. The lowest BCUT2D eigenvalue weighted by Gasteiger charge is -2.33. The fourth-order valence-electron chi connectivity index (χ4n) is 1.90. The summed E-state index contributed by atoms with van der Waals surface area (Å²) in [5.74, 6) is -0.795. The number of carboxylic acid groups (broad SMARTS) is 1. The van der Waals surface area contributed by atoms with E-state index in [1.54, 1.807) is 31.1 Å². The van der Waals surface area contributed by atoms with Crippen LogP contribution >= 0.6 is 0 Å². The number of amides is 1. The van der Waals surface area contributed by atoms with E-state index >= 15 is 0 Å². The van der Waals surface area contributed by atoms with Gasteiger partial charge in [-0.3, -0.25) is 4.79 Å². The van der Waals surface area contributed by atoms with E-state index in [9.17, 15) is 9.59 Å². The van der Waals surface area contributed by atoms with Gasteiger partial charge in [0.15, 0.2) is 17.6 Å². The first-order valence-electron chi connectivity index (χ1n) is 6.13. The molecule has 0 saturated carbocycles. The van der Waals surface area contributed by atoms with Crippen molar-refractivity contribution in [2.45, 2.75) is 6.04 Å². The Morgan fingerprint density at radius 2 is 2.15 bits per heavy atom. The second-order valence-corrected chi connectivity index (χ2v) is 4.60. The van der Waals surface area contributed by atoms with Crippen LogP contribution in [-0.2, 0) is 9.53 Å². The Bertz CT molecular complexity index is 503. The second-order valence-electron chi connectivity index (χ2n) is 4.60. The van der Waals surface area contributed by atoms with Crippen molar-refractivity contribution < 1.29 is 19.4 Å². The van der Waals surface area contributed by atoms with Crippen LogP contribution in [0.3, 0.4) is 0 Å². The van der Waals surface area contributed by atoms with Crippen molar-refractivity contribution in [3.05, 3.63) is 17.8 Å². The molecule has 1 N–H and O–H groups in total. The fourth-order valence-corrected chi connectivity index (χ4v) is 1.90. The molecule has 1 atom stereocenters. The lowest BCUT2D eigenvalue weighted by atomic mass is 10.2. The summed E-state index contributed by atoms with van der Waals surface area (Å²) in [5.41, 5.74) is 0.221. The Kier molecular flexibility index (Phi) is 4.14. The third-order valence-electron chi connectivity index (χ3n) is 2.98. The van der Waals surface area contributed by atoms with Crippen LogP contribution in [0.5, 0.6) is 0 Å². The minimum atomic E-state index is -0.972. The van der Waals surface area contributed by atoms with Gasteiger partial charge in [-0.25, -0.2) is 4.79 Å². The first-order valence-corrected chi connectivity index (χ1v) is 6.13. The Morgan fingerprint density at radius 1 is 1.40 bits per heavy atom. The van der Waals surface area contributed by atoms with E-state index in [0.29, 0.717) is 19.0 Å². The summed E-state index contributed by atoms with van der Waals surface area (Å²) in [6.45, 7) is 0.964. The number of aliphatic carboxylic acids is 1. The quantitative estimate of drug-likeness (QED) is 0.795. The summed E-state index contributed by atoms with van der Waals surface area (Å²) in [6, 6.07) is 2.36. The van der Waals surface area contributed by atoms with Crippen molar-refractivity contribution in [2.75, 3.05) is 38.8 Å². The molecular formula is C12H16N4O4. The van der Waals surface area contributed by atoms with Gasteiger partial charge in [-0.2, -0.15) is 0 Å². The largest absolute Gasteiger partial charge is 0.480 e. The maximum absolute atomic E-state index is 11.7. The van der Waals surface area contributed by atoms with Crippen molar-refractivity contribution in [1.29, 1.82) is 0 Å². The molecule has 0 aromatic carbocycles. The minimum Gasteiger partial charge on any atom is -0.480 e. The summed E-state index contributed by atoms with van der Waals surface area (Å²) >= 11 is 0. The van der Waals surface area contributed by atoms with Crippen LogP contribution in [0.1, 0.15) is 10.5 Å². The Hall–Kier alpha value is -2.22. The highest BCUT2D eigenvalue weighted by Gasteiger charge is 2.30. The summed E-state index contributed by atoms with van der Waals surface area (Å²) in [5, 5.41) is 17.0. The van der Waals surface area contributed by atoms with Gasteiger partial charge in [0.1, 0.15) is 0 Å². The molecule has 2 heterocycles. The van der Waals surface area contributed by atoms with E-state index in [2.05, 4.69) is 10.2 Å². The van der Waals surface area contributed by atoms with E-state index in [1.165, 1.54) is 4.90 Å². The first kappa shape index (κ1) is 14.2. The highest BCUT2D eigenvalue weighted by atomic mass is 16.5. The number of morpholine rings is 1. The molecule has 0 bridgehead atoms. The number of hydrogen-bond acceptors (Lipinski definition) is 6. The van der Waals surface area contributed by atoms with Crippen molar-refractivity contribution in [2.24, 2.45) is 0 Å². The molecule has 8 heteroatoms. The Balaban J connectivity index is 2.20. The molecule has 1 amide bonds. The molecule has 2 rings (SSSR count). The zero-order valence-electron chi connectivity index (χ0n) is 11.3. The number of anilines is 1. The van der Waals surface area contributed by atoms with Gasteiger partial charge in [0, 0.05) is 20.6 Å². The zero-order chi connectivity index (χ0) is 14.7. The molecule has 0 aliphatic carbocycles. The number of hydrogen-bond donors (Lipinski definition) is 1. The molecule has 108 valence electrons. The van der Waals surface area contributed by atoms with Crippen molar-refractivity contribution in [1.82, 2.24) is 15.1 Å². The van der Waals surface area contributed by atoms with E-state index in [0.717, 1.165) is 0 Å². The van der Waals surface area contributed by atoms with Crippen LogP contribution < -0.4 is 4.90 Å². The number of carbonyl (C=O) groups excluding carboxylic acids is 1. The third-order valence-corrected chi connectivity index (χ3v) is 2.98. The van der Waals surface area contributed by atoms with Crippen LogP contribution in [0.25, 0.3) is 0 Å². The molecule has 1 aromatic rings. The second kappa shape index (κ2) is 5.83. The average Bonchev–Trinajstić information content (AvgIpc) is 2.46. The standard InChI is InChI=1S/C12H16N4O4/c1-15(2)11(17)8-3-4-10(14-13-8)16-5-6-20-7-9(16)12(18)19/h3-4,9H,5-7H2,1-2H3,(H,18,19). The average molecular weight is 280 g/mol. The van der Waals surface area contributed by atoms with Gasteiger partial charge in [0.25, 0.3) is 5.91 Å². The van der Waals surface area contributed by atoms with Gasteiger partial charge >= 0.3 is 5.97 Å². The number of ether oxygens (including phenoxy) is 1. The normalized spacial score (nSPS) is 18.7. The van der Waals surface area contributed by atoms with Gasteiger partial charge in [-0.05, 0) is 12.1 Å². The molecule has 1 aliphatic heterocycles. The molecule has 0 spiro atoms. The Morgan fingerprint density at radius 3 is 2.70 bits per heavy atom. The molecule has 0 radical (unpaired) electrons. The molecule has 1 aliphatic rings. The first-order chi connectivity index (χ1) is 9.50. The summed E-state index contributed by atoms with van der Waals surface area (Å²) < 4.78 is 5.16. The van der Waals surface area contributed by atoms with Gasteiger partial charge in [0.05, 0.1) is 13.2 Å². The fraction of sp³-hybridized carbons (Fsp3) is 0.500. The van der Waals surface area contributed by atoms with Crippen LogP contribution in [0.2, 0.25) is 0 Å². The highest BCUT2D eigenvalue weighted by molar-refractivity contribution is 5.91. The smallest absolute Gasteiger partial charge is 0.328 e. The van der Waals surface area contributed by atoms with Crippen LogP contribution in [0.4, 0.5) is 5.82 Å². The van der Waals surface area contributed by atoms with Crippen LogP contribution in [0, 0.1) is 0 Å². The minimum absolute atomic E-state index is 0.107. The lowest BCUT2D eigenvalue weighted by Crippen LogP contribution is -2.50. The number of carbonyl (C=O) groups is 2. The van der Waals surface area contributed by atoms with E-state index in [4.69, 9.17) is 9.84 Å². The summed E-state index contributed by atoms with van der Waals surface area (Å²) in [7, 11) is 3.25. The van der Waals surface area contributed by atoms with Gasteiger partial charge in [0.2, 0.25) is 0 Å². The summed E-state index contributed by atoms with van der Waals surface area (Å²) in [6.07, 6.45) is 0. The van der Waals surface area contributed by atoms with Crippen molar-refractivity contribution in [3.8, 4) is 0 Å². The topological polar surface area (TPSA) is 95.9 Å². The number of carboxylic acids is 1. The van der Waals surface area contributed by atoms with E-state index < -0.39 is 12.0 Å². The third kappa shape index (κ3) is 2.85. The molecule has 1 saturated heterocycles. The van der Waals surface area contributed by atoms with Crippen molar-refractivity contribution in [3.63, 3.8) is 0 Å². The predicted molar refractivity (Wildman–Crippen MR) is 69.6 cm³/mol. The molecule has 1 unspecified atom stereocenters. The van der Waals surface area contributed by atoms with Gasteiger partial charge < -0.3 is 19.6 Å². The number of rotatable bonds is 3.